The first-order valence-corrected chi connectivity index (χ1v) is 7.83. The Morgan fingerprint density at radius 2 is 2.05 bits per heavy atom. The summed E-state index contributed by atoms with van der Waals surface area (Å²) in [6.45, 7) is 3.95. The molecule has 1 fully saturated rings. The number of hydrogen-bond donors (Lipinski definition) is 1. The van der Waals surface area contributed by atoms with Gasteiger partial charge in [-0.25, -0.2) is 15.4 Å². The second-order valence-electron chi connectivity index (χ2n) is 5.32. The molecule has 1 N–H and O–H groups in total. The van der Waals surface area contributed by atoms with Crippen LogP contribution in [0.5, 0.6) is 0 Å². The molecule has 0 spiro atoms. The van der Waals surface area contributed by atoms with E-state index in [0.717, 1.165) is 27.1 Å². The summed E-state index contributed by atoms with van der Waals surface area (Å²) in [5.41, 5.74) is 7.02. The van der Waals surface area contributed by atoms with Crippen molar-refractivity contribution in [2.45, 2.75) is 32.6 Å². The number of hydrogen-bond acceptors (Lipinski definition) is 4. The number of aromatic nitrogens is 2. The Bertz CT molecular complexity index is 692. The predicted molar refractivity (Wildman–Crippen MR) is 88.7 cm³/mol. The minimum absolute atomic E-state index is 0.573. The Kier molecular flexibility index (Phi) is 4.01. The van der Waals surface area contributed by atoms with Crippen LogP contribution in [0.4, 0.5) is 5.95 Å². The van der Waals surface area contributed by atoms with E-state index in [-0.39, 0.29) is 0 Å². The summed E-state index contributed by atoms with van der Waals surface area (Å²) in [6, 6.07) is 10.1. The number of halogens is 1. The molecule has 0 bridgehead atoms. The fourth-order valence-electron chi connectivity index (χ4n) is 2.18. The van der Waals surface area contributed by atoms with Crippen molar-refractivity contribution in [1.82, 2.24) is 9.97 Å². The van der Waals surface area contributed by atoms with Crippen molar-refractivity contribution in [2.24, 2.45) is 5.10 Å². The van der Waals surface area contributed by atoms with Crippen molar-refractivity contribution in [3.63, 3.8) is 0 Å². The first-order chi connectivity index (χ1) is 10.1. The molecule has 0 unspecified atom stereocenters. The highest BCUT2D eigenvalue weighted by Crippen LogP contribution is 2.39. The zero-order valence-electron chi connectivity index (χ0n) is 12.1. The second kappa shape index (κ2) is 5.93. The number of nitrogens with zero attached hydrogens (tertiary/aromatic N) is 3. The minimum Gasteiger partial charge on any atom is -0.245 e. The van der Waals surface area contributed by atoms with Gasteiger partial charge in [0.1, 0.15) is 0 Å². The molecular weight excluding hydrogens is 328 g/mol. The lowest BCUT2D eigenvalue weighted by molar-refractivity contribution is 0.960. The van der Waals surface area contributed by atoms with Gasteiger partial charge in [0.2, 0.25) is 5.95 Å². The van der Waals surface area contributed by atoms with E-state index >= 15 is 0 Å². The summed E-state index contributed by atoms with van der Waals surface area (Å²) in [5.74, 6) is 1.18. The maximum atomic E-state index is 4.54. The smallest absolute Gasteiger partial charge is 0.243 e. The van der Waals surface area contributed by atoms with Crippen LogP contribution in [0.1, 0.15) is 42.6 Å². The lowest BCUT2D eigenvalue weighted by Gasteiger charge is -2.06. The van der Waals surface area contributed by atoms with Gasteiger partial charge in [0.05, 0.1) is 5.71 Å². The lowest BCUT2D eigenvalue weighted by atomic mass is 10.1. The Morgan fingerprint density at radius 3 is 2.76 bits per heavy atom. The summed E-state index contributed by atoms with van der Waals surface area (Å²) < 4.78 is 1.02. The van der Waals surface area contributed by atoms with Crippen LogP contribution in [0.2, 0.25) is 0 Å². The van der Waals surface area contributed by atoms with Gasteiger partial charge in [-0.1, -0.05) is 34.1 Å². The molecule has 4 nitrogen and oxygen atoms in total. The van der Waals surface area contributed by atoms with Crippen LogP contribution in [0.25, 0.3) is 0 Å². The van der Waals surface area contributed by atoms with Crippen molar-refractivity contribution in [2.75, 3.05) is 5.43 Å². The predicted octanol–water partition coefficient (Wildman–Crippen LogP) is 4.26. The zero-order valence-corrected chi connectivity index (χ0v) is 13.7. The topological polar surface area (TPSA) is 50.2 Å². The average Bonchev–Trinajstić information content (AvgIpc) is 3.29. The van der Waals surface area contributed by atoms with Gasteiger partial charge in [0.15, 0.2) is 0 Å². The minimum atomic E-state index is 0.573. The molecule has 1 aliphatic carbocycles. The molecule has 3 rings (SSSR count). The third kappa shape index (κ3) is 3.47. The number of anilines is 1. The number of benzene rings is 1. The van der Waals surface area contributed by atoms with Crippen LogP contribution in [0.15, 0.2) is 39.9 Å². The van der Waals surface area contributed by atoms with Gasteiger partial charge in [-0.15, -0.1) is 0 Å². The van der Waals surface area contributed by atoms with Gasteiger partial charge in [-0.3, -0.25) is 0 Å². The molecule has 0 atom stereocenters. The summed E-state index contributed by atoms with van der Waals surface area (Å²) in [6.07, 6.45) is 2.46. The molecular formula is C16H17BrN4. The van der Waals surface area contributed by atoms with Crippen LogP contribution in [0, 0.1) is 6.92 Å². The molecule has 1 aromatic carbocycles. The molecule has 1 saturated carbocycles. The Morgan fingerprint density at radius 1 is 1.29 bits per heavy atom. The normalized spacial score (nSPS) is 15.1. The van der Waals surface area contributed by atoms with E-state index in [9.17, 15) is 0 Å². The molecule has 108 valence electrons. The number of rotatable bonds is 4. The summed E-state index contributed by atoms with van der Waals surface area (Å²) in [7, 11) is 0. The van der Waals surface area contributed by atoms with Crippen molar-refractivity contribution in [3.8, 4) is 0 Å². The highest BCUT2D eigenvalue weighted by molar-refractivity contribution is 9.10. The summed E-state index contributed by atoms with van der Waals surface area (Å²) in [4.78, 5) is 8.93. The van der Waals surface area contributed by atoms with E-state index in [1.54, 1.807) is 0 Å². The molecule has 1 heterocycles. The summed E-state index contributed by atoms with van der Waals surface area (Å²) >= 11 is 3.53. The van der Waals surface area contributed by atoms with Crippen LogP contribution >= 0.6 is 15.9 Å². The SMILES string of the molecule is CC(=NNc1nc(C)cc(C2CC2)n1)c1ccccc1Br. The van der Waals surface area contributed by atoms with Crippen LogP contribution in [0.3, 0.4) is 0 Å². The Balaban J connectivity index is 1.80. The molecule has 5 heteroatoms. The molecule has 1 aromatic heterocycles. The van der Waals surface area contributed by atoms with Gasteiger partial charge in [-0.2, -0.15) is 5.10 Å². The largest absolute Gasteiger partial charge is 0.245 e. The monoisotopic (exact) mass is 344 g/mol. The van der Waals surface area contributed by atoms with E-state index < -0.39 is 0 Å². The van der Waals surface area contributed by atoms with E-state index in [0.29, 0.717) is 11.9 Å². The average molecular weight is 345 g/mol. The first kappa shape index (κ1) is 14.2. The van der Waals surface area contributed by atoms with Gasteiger partial charge >= 0.3 is 0 Å². The van der Waals surface area contributed by atoms with Gasteiger partial charge in [-0.05, 0) is 38.8 Å². The molecule has 0 radical (unpaired) electrons. The maximum Gasteiger partial charge on any atom is 0.243 e. The molecule has 1 aliphatic rings. The molecule has 0 amide bonds. The standard InChI is InChI=1S/C16H17BrN4/c1-10-9-15(12-7-8-12)19-16(18-10)21-20-11(2)13-5-3-4-6-14(13)17/h3-6,9,12H,7-8H2,1-2H3,(H,18,19,21). The van der Waals surface area contributed by atoms with Crippen molar-refractivity contribution < 1.29 is 0 Å². The van der Waals surface area contributed by atoms with E-state index in [4.69, 9.17) is 0 Å². The van der Waals surface area contributed by atoms with E-state index in [2.05, 4.69) is 42.5 Å². The van der Waals surface area contributed by atoms with E-state index in [1.165, 1.54) is 12.8 Å². The fourth-order valence-corrected chi connectivity index (χ4v) is 2.75. The van der Waals surface area contributed by atoms with Crippen molar-refractivity contribution >= 4 is 27.6 Å². The molecule has 0 saturated heterocycles. The lowest BCUT2D eigenvalue weighted by Crippen LogP contribution is -2.05. The first-order valence-electron chi connectivity index (χ1n) is 7.04. The van der Waals surface area contributed by atoms with Crippen LogP contribution < -0.4 is 5.43 Å². The fraction of sp³-hybridized carbons (Fsp3) is 0.312. The third-order valence-corrected chi connectivity index (χ3v) is 4.15. The highest BCUT2D eigenvalue weighted by atomic mass is 79.9. The van der Waals surface area contributed by atoms with Crippen molar-refractivity contribution in [3.05, 3.63) is 51.8 Å². The quantitative estimate of drug-likeness (QED) is 0.665. The number of hydrazone groups is 1. The van der Waals surface area contributed by atoms with Gasteiger partial charge < -0.3 is 0 Å². The Hall–Kier alpha value is -1.75. The second-order valence-corrected chi connectivity index (χ2v) is 6.18. The summed E-state index contributed by atoms with van der Waals surface area (Å²) in [5, 5.41) is 4.40. The number of aryl methyl sites for hydroxylation is 1. The van der Waals surface area contributed by atoms with Gasteiger partial charge in [0, 0.05) is 27.3 Å². The van der Waals surface area contributed by atoms with Crippen LogP contribution in [-0.4, -0.2) is 15.7 Å². The highest BCUT2D eigenvalue weighted by Gasteiger charge is 2.25. The molecule has 0 aliphatic heterocycles. The van der Waals surface area contributed by atoms with E-state index in [1.807, 2.05) is 38.1 Å². The molecule has 21 heavy (non-hydrogen) atoms. The van der Waals surface area contributed by atoms with Crippen molar-refractivity contribution in [1.29, 1.82) is 0 Å². The van der Waals surface area contributed by atoms with Crippen LogP contribution in [-0.2, 0) is 0 Å². The molecule has 2 aromatic rings. The third-order valence-electron chi connectivity index (χ3n) is 3.46. The Labute approximate surface area is 132 Å². The maximum absolute atomic E-state index is 4.54. The number of nitrogens with one attached hydrogen (secondary N) is 1. The van der Waals surface area contributed by atoms with Gasteiger partial charge in [0.25, 0.3) is 0 Å². The zero-order chi connectivity index (χ0) is 14.8.